The molecule has 0 bridgehead atoms. The van der Waals surface area contributed by atoms with Crippen LogP contribution in [0, 0.1) is 0 Å². The Morgan fingerprint density at radius 1 is 0.551 bits per heavy atom. The summed E-state index contributed by atoms with van der Waals surface area (Å²) in [4.78, 5) is 0. The van der Waals surface area contributed by atoms with E-state index in [4.69, 9.17) is 52.1 Å². The minimum absolute atomic E-state index is 0. The second kappa shape index (κ2) is 15.1. The van der Waals surface area contributed by atoms with E-state index in [0.717, 1.165) is 0 Å². The van der Waals surface area contributed by atoms with Gasteiger partial charge in [-0.05, 0) is 83.1 Å². The molecule has 12 heteroatoms. The number of rotatable bonds is 3. The third-order valence-corrected chi connectivity index (χ3v) is 11.3. The van der Waals surface area contributed by atoms with Gasteiger partial charge in [-0.2, -0.15) is 0 Å². The van der Waals surface area contributed by atoms with Crippen LogP contribution in [-0.4, -0.2) is 108 Å². The van der Waals surface area contributed by atoms with Crippen LogP contribution in [0.3, 0.4) is 0 Å². The Hall–Kier alpha value is -0.480. The molecule has 294 valence electrons. The molecule has 6 saturated heterocycles. The largest absolute Gasteiger partial charge is 0.384 e. The average molecular weight is 711 g/mol. The highest BCUT2D eigenvalue weighted by Crippen LogP contribution is 2.61. The van der Waals surface area contributed by atoms with Gasteiger partial charge < -0.3 is 57.2 Å². The maximum absolute atomic E-state index is 11.2. The molecular weight excluding hydrogens is 636 g/mol. The lowest BCUT2D eigenvalue weighted by Crippen LogP contribution is -2.65. The van der Waals surface area contributed by atoms with E-state index in [0.29, 0.717) is 13.2 Å². The third kappa shape index (κ3) is 7.01. The molecule has 6 fully saturated rings. The SMILES string of the molecule is C.C.CC1(C)OCC(C2(C)OC3(C)OCOC3(C)C2(C)O)O1.CCC.CCC.COC1(C)C(C)(C2COC(C)(C)O2)OC2(C)OCOC21C. The maximum Gasteiger partial charge on any atom is 0.200 e. The van der Waals surface area contributed by atoms with Crippen molar-refractivity contribution < 1.29 is 57.2 Å². The Bertz CT molecular complexity index is 1080. The summed E-state index contributed by atoms with van der Waals surface area (Å²) in [7, 11) is 1.67. The van der Waals surface area contributed by atoms with Crippen molar-refractivity contribution in [2.45, 2.75) is 207 Å². The number of aliphatic hydroxyl groups is 1. The molecule has 12 nitrogen and oxygen atoms in total. The Morgan fingerprint density at radius 3 is 1.24 bits per heavy atom. The van der Waals surface area contributed by atoms with Gasteiger partial charge in [-0.1, -0.05) is 55.4 Å². The molecule has 6 heterocycles. The van der Waals surface area contributed by atoms with E-state index >= 15 is 0 Å². The topological polar surface area (TPSA) is 122 Å². The predicted octanol–water partition coefficient (Wildman–Crippen LogP) is 7.07. The van der Waals surface area contributed by atoms with Crippen LogP contribution in [-0.2, 0) is 52.1 Å². The number of methoxy groups -OCH3 is 1. The van der Waals surface area contributed by atoms with E-state index in [1.807, 2.05) is 69.2 Å². The van der Waals surface area contributed by atoms with E-state index in [1.165, 1.54) is 12.8 Å². The monoisotopic (exact) mass is 711 g/mol. The maximum atomic E-state index is 11.2. The van der Waals surface area contributed by atoms with Crippen molar-refractivity contribution in [2.24, 2.45) is 0 Å². The molecule has 10 unspecified atom stereocenters. The molecular formula is C37H74O12. The molecule has 1 N–H and O–H groups in total. The van der Waals surface area contributed by atoms with Crippen LogP contribution in [0.4, 0.5) is 0 Å². The normalized spacial score (nSPS) is 48.4. The molecule has 49 heavy (non-hydrogen) atoms. The lowest BCUT2D eigenvalue weighted by Gasteiger charge is -2.46. The molecule has 6 rings (SSSR count). The van der Waals surface area contributed by atoms with Crippen LogP contribution in [0.2, 0.25) is 0 Å². The van der Waals surface area contributed by atoms with Crippen molar-refractivity contribution in [3.63, 3.8) is 0 Å². The zero-order valence-corrected chi connectivity index (χ0v) is 32.3. The molecule has 0 spiro atoms. The zero-order valence-electron chi connectivity index (χ0n) is 32.3. The van der Waals surface area contributed by atoms with Gasteiger partial charge in [-0.15, -0.1) is 0 Å². The van der Waals surface area contributed by atoms with Crippen LogP contribution in [0.15, 0.2) is 0 Å². The number of hydrogen-bond donors (Lipinski definition) is 1. The van der Waals surface area contributed by atoms with Crippen LogP contribution < -0.4 is 0 Å². The molecule has 10 atom stereocenters. The molecule has 0 aromatic heterocycles. The van der Waals surface area contributed by atoms with E-state index in [9.17, 15) is 5.11 Å². The smallest absolute Gasteiger partial charge is 0.200 e. The van der Waals surface area contributed by atoms with Crippen LogP contribution in [0.5, 0.6) is 0 Å². The van der Waals surface area contributed by atoms with E-state index in [1.54, 1.807) is 21.0 Å². The van der Waals surface area contributed by atoms with Crippen molar-refractivity contribution >= 4 is 0 Å². The van der Waals surface area contributed by atoms with E-state index in [2.05, 4.69) is 27.7 Å². The van der Waals surface area contributed by atoms with Gasteiger partial charge >= 0.3 is 0 Å². The fourth-order valence-corrected chi connectivity index (χ4v) is 7.48. The minimum Gasteiger partial charge on any atom is -0.384 e. The Labute approximate surface area is 298 Å². The Kier molecular flexibility index (Phi) is 14.3. The summed E-state index contributed by atoms with van der Waals surface area (Å²) >= 11 is 0. The molecule has 6 aliphatic heterocycles. The van der Waals surface area contributed by atoms with Gasteiger partial charge in [0, 0.05) is 7.11 Å². The van der Waals surface area contributed by atoms with Gasteiger partial charge in [0.15, 0.2) is 36.4 Å². The Morgan fingerprint density at radius 2 is 0.898 bits per heavy atom. The summed E-state index contributed by atoms with van der Waals surface area (Å²) in [6, 6.07) is 0. The summed E-state index contributed by atoms with van der Waals surface area (Å²) in [5.74, 6) is -3.22. The van der Waals surface area contributed by atoms with Gasteiger partial charge in [-0.3, -0.25) is 0 Å². The van der Waals surface area contributed by atoms with Crippen molar-refractivity contribution in [3.05, 3.63) is 0 Å². The lowest BCUT2D eigenvalue weighted by molar-refractivity contribution is -0.272. The van der Waals surface area contributed by atoms with Gasteiger partial charge in [0.1, 0.15) is 34.6 Å². The molecule has 0 aromatic carbocycles. The Balaban J connectivity index is 0.000000408. The van der Waals surface area contributed by atoms with Crippen molar-refractivity contribution in [1.29, 1.82) is 0 Å². The molecule has 0 amide bonds. The summed E-state index contributed by atoms with van der Waals surface area (Å²) in [5.41, 5.74) is -5.51. The van der Waals surface area contributed by atoms with Crippen molar-refractivity contribution in [2.75, 3.05) is 33.9 Å². The third-order valence-electron chi connectivity index (χ3n) is 11.3. The van der Waals surface area contributed by atoms with Crippen LogP contribution in [0.25, 0.3) is 0 Å². The van der Waals surface area contributed by atoms with Crippen LogP contribution in [0.1, 0.15) is 138 Å². The molecule has 0 saturated carbocycles. The summed E-state index contributed by atoms with van der Waals surface area (Å²) in [5, 5.41) is 11.2. The minimum atomic E-state index is -1.29. The second-order valence-electron chi connectivity index (χ2n) is 15.5. The molecule has 0 aliphatic carbocycles. The number of fused-ring (bicyclic) bond motifs is 2. The van der Waals surface area contributed by atoms with Crippen molar-refractivity contribution in [3.8, 4) is 0 Å². The molecule has 0 radical (unpaired) electrons. The quantitative estimate of drug-likeness (QED) is 0.322. The second-order valence-corrected chi connectivity index (χ2v) is 15.5. The molecule has 6 aliphatic rings. The summed E-state index contributed by atoms with van der Waals surface area (Å²) in [6.45, 7) is 32.0. The zero-order chi connectivity index (χ0) is 36.2. The summed E-state index contributed by atoms with van der Waals surface area (Å²) in [6.07, 6.45) is 1.82. The van der Waals surface area contributed by atoms with E-state index < -0.39 is 62.9 Å². The number of ether oxygens (including phenoxy) is 11. The predicted molar refractivity (Wildman–Crippen MR) is 188 cm³/mol. The fourth-order valence-electron chi connectivity index (χ4n) is 7.48. The highest BCUT2D eigenvalue weighted by molar-refractivity contribution is 5.24. The summed E-state index contributed by atoms with van der Waals surface area (Å²) < 4.78 is 64.7. The standard InChI is InChI=1S/C15H26O6.C14H24O6.2C3H8.2CH4/c1-11(2)17-8-10(20-11)12(3)13(4,16-7)14(5)15(6,21-12)19-9-18-14;1-10(2)16-7-9(19-10)11(3)12(4,15)13(5)14(6,20-11)18-8-17-13;2*1-3-2;;/h10H,8-9H2,1-7H3;9,15H,7-8H2,1-6H3;2*3H2,1-2H3;2*1H4. The van der Waals surface area contributed by atoms with Gasteiger partial charge in [0.05, 0.1) is 13.2 Å². The first kappa shape index (κ1) is 46.5. The first-order valence-corrected chi connectivity index (χ1v) is 17.2. The first-order chi connectivity index (χ1) is 21.3. The fraction of sp³-hybridized carbons (Fsp3) is 1.00. The highest BCUT2D eigenvalue weighted by Gasteiger charge is 2.80. The van der Waals surface area contributed by atoms with Gasteiger partial charge in [0.2, 0.25) is 11.6 Å². The first-order valence-electron chi connectivity index (χ1n) is 17.2. The van der Waals surface area contributed by atoms with Crippen LogP contribution >= 0.6 is 0 Å². The molecule has 0 aromatic rings. The van der Waals surface area contributed by atoms with Crippen molar-refractivity contribution in [1.82, 2.24) is 0 Å². The lowest BCUT2D eigenvalue weighted by atomic mass is 9.71. The highest BCUT2D eigenvalue weighted by atomic mass is 16.9. The van der Waals surface area contributed by atoms with Gasteiger partial charge in [-0.25, -0.2) is 0 Å². The number of hydrogen-bond acceptors (Lipinski definition) is 12. The average Bonchev–Trinajstić information content (AvgIpc) is 3.72. The van der Waals surface area contributed by atoms with E-state index in [-0.39, 0.29) is 34.5 Å². The van der Waals surface area contributed by atoms with Gasteiger partial charge in [0.25, 0.3) is 0 Å².